The quantitative estimate of drug-likeness (QED) is 0.100. The van der Waals surface area contributed by atoms with Crippen molar-refractivity contribution >= 4 is 46.4 Å². The highest BCUT2D eigenvalue weighted by Gasteiger charge is 2.39. The molecule has 4 aromatic carbocycles. The van der Waals surface area contributed by atoms with Crippen LogP contribution >= 0.6 is 11.6 Å². The van der Waals surface area contributed by atoms with E-state index in [1.165, 1.54) is 14.2 Å². The first kappa shape index (κ1) is 42.0. The van der Waals surface area contributed by atoms with Crippen LogP contribution in [0.2, 0.25) is 5.02 Å². The first-order valence-electron chi connectivity index (χ1n) is 20.8. The summed E-state index contributed by atoms with van der Waals surface area (Å²) >= 11 is 6.10. The molecule has 2 aliphatic heterocycles. The summed E-state index contributed by atoms with van der Waals surface area (Å²) in [6.07, 6.45) is 5.43. The first-order chi connectivity index (χ1) is 30.0. The van der Waals surface area contributed by atoms with E-state index in [9.17, 15) is 19.2 Å². The number of imidazole rings is 2. The Bertz CT molecular complexity index is 2590. The van der Waals surface area contributed by atoms with Gasteiger partial charge in [-0.25, -0.2) is 19.6 Å². The molecule has 6 aromatic rings. The Hall–Kier alpha value is -6.67. The smallest absolute Gasteiger partial charge is 0.407 e. The Labute approximate surface area is 364 Å². The normalized spacial score (nSPS) is 17.3. The van der Waals surface area contributed by atoms with Gasteiger partial charge in [0.05, 0.1) is 50.1 Å². The number of aromatic amines is 2. The summed E-state index contributed by atoms with van der Waals surface area (Å²) in [5, 5.41) is 8.09. The van der Waals surface area contributed by atoms with Gasteiger partial charge < -0.3 is 39.9 Å². The molecule has 15 heteroatoms. The number of benzene rings is 4. The molecule has 0 radical (unpaired) electrons. The van der Waals surface area contributed by atoms with E-state index in [0.29, 0.717) is 29.5 Å². The van der Waals surface area contributed by atoms with Gasteiger partial charge in [-0.15, -0.1) is 0 Å². The standard InChI is InChI=1S/C47H49ClN8O6/c1-27(2)40(53-46(59)61-3)44(57)55-21-5-7-38(55)43-50-26-37(52-43)34-16-15-32-23-31(13-14-33(32)24-34)28-9-11-29(12-10-28)36-25-49-42(51-36)39-8-6-22-56(39)45(58)41(54-47(60)62-4)30-17-19-35(48)20-18-30/h9-20,23-27,38-41H,5-8,21-22H2,1-4H3,(H,49,51)(H,50,52)(H,53,59)(H,54,60)/t38-,39-,40?,41-/m0/s1. The predicted octanol–water partition coefficient (Wildman–Crippen LogP) is 8.75. The molecule has 14 nitrogen and oxygen atoms in total. The number of methoxy groups -OCH3 is 2. The van der Waals surface area contributed by atoms with Crippen molar-refractivity contribution in [1.29, 1.82) is 0 Å². The van der Waals surface area contributed by atoms with Crippen LogP contribution < -0.4 is 10.6 Å². The maximum atomic E-state index is 14.0. The van der Waals surface area contributed by atoms with Gasteiger partial charge in [-0.05, 0) is 88.9 Å². The molecular weight excluding hydrogens is 808 g/mol. The highest BCUT2D eigenvalue weighted by molar-refractivity contribution is 6.30. The topological polar surface area (TPSA) is 175 Å². The number of hydrogen-bond acceptors (Lipinski definition) is 8. The number of carbonyl (C=O) groups excluding carboxylic acids is 4. The third kappa shape index (κ3) is 8.73. The van der Waals surface area contributed by atoms with Gasteiger partial charge in [-0.1, -0.05) is 86.1 Å². The number of alkyl carbamates (subject to hydrolysis) is 2. The second kappa shape index (κ2) is 18.1. The summed E-state index contributed by atoms with van der Waals surface area (Å²) in [4.78, 5) is 71.8. The average Bonchev–Trinajstić information content (AvgIpc) is 4.14. The third-order valence-corrected chi connectivity index (χ3v) is 12.1. The lowest BCUT2D eigenvalue weighted by Gasteiger charge is -2.30. The molecule has 4 amide bonds. The lowest BCUT2D eigenvalue weighted by atomic mass is 9.98. The zero-order chi connectivity index (χ0) is 43.5. The van der Waals surface area contributed by atoms with E-state index in [2.05, 4.69) is 81.3 Å². The van der Waals surface area contributed by atoms with E-state index in [1.54, 1.807) is 35.4 Å². The van der Waals surface area contributed by atoms with Gasteiger partial charge in [-0.2, -0.15) is 0 Å². The minimum absolute atomic E-state index is 0.111. The van der Waals surface area contributed by atoms with Crippen molar-refractivity contribution in [3.05, 3.63) is 120 Å². The van der Waals surface area contributed by atoms with Crippen molar-refractivity contribution in [3.8, 4) is 33.6 Å². The van der Waals surface area contributed by atoms with Crippen molar-refractivity contribution in [2.24, 2.45) is 5.92 Å². The third-order valence-electron chi connectivity index (χ3n) is 11.9. The van der Waals surface area contributed by atoms with Crippen molar-refractivity contribution in [3.63, 3.8) is 0 Å². The number of carbonyl (C=O) groups is 4. The van der Waals surface area contributed by atoms with E-state index < -0.39 is 24.3 Å². The maximum absolute atomic E-state index is 14.0. The molecule has 0 bridgehead atoms. The van der Waals surface area contributed by atoms with Crippen LogP contribution in [0, 0.1) is 5.92 Å². The second-order valence-corrected chi connectivity index (χ2v) is 16.5. The fourth-order valence-electron chi connectivity index (χ4n) is 8.53. The lowest BCUT2D eigenvalue weighted by molar-refractivity contribution is -0.135. The van der Waals surface area contributed by atoms with E-state index in [-0.39, 0.29) is 29.8 Å². The van der Waals surface area contributed by atoms with Crippen molar-refractivity contribution in [2.45, 2.75) is 63.7 Å². The minimum Gasteiger partial charge on any atom is -0.453 e. The summed E-state index contributed by atoms with van der Waals surface area (Å²) in [6, 6.07) is 25.7. The van der Waals surface area contributed by atoms with Crippen LogP contribution in [0.15, 0.2) is 97.3 Å². The summed E-state index contributed by atoms with van der Waals surface area (Å²) < 4.78 is 9.60. The largest absolute Gasteiger partial charge is 0.453 e. The monoisotopic (exact) mass is 856 g/mol. The van der Waals surface area contributed by atoms with Gasteiger partial charge in [0.1, 0.15) is 23.7 Å². The molecule has 4 N–H and O–H groups in total. The summed E-state index contributed by atoms with van der Waals surface area (Å²) in [5.74, 6) is 0.902. The molecule has 62 heavy (non-hydrogen) atoms. The zero-order valence-electron chi connectivity index (χ0n) is 35.0. The number of aromatic nitrogens is 4. The molecule has 2 saturated heterocycles. The van der Waals surface area contributed by atoms with E-state index >= 15 is 0 Å². The number of halogens is 1. The number of nitrogens with one attached hydrogen (secondary N) is 4. The van der Waals surface area contributed by atoms with Gasteiger partial charge in [0.25, 0.3) is 5.91 Å². The summed E-state index contributed by atoms with van der Waals surface area (Å²) in [7, 11) is 2.56. The van der Waals surface area contributed by atoms with Crippen LogP contribution in [0.1, 0.15) is 74.9 Å². The van der Waals surface area contributed by atoms with Crippen LogP contribution in [0.4, 0.5) is 9.59 Å². The van der Waals surface area contributed by atoms with Gasteiger partial charge in [0.2, 0.25) is 5.91 Å². The molecule has 1 unspecified atom stereocenters. The number of fused-ring (bicyclic) bond motifs is 1. The van der Waals surface area contributed by atoms with Crippen LogP contribution in [0.5, 0.6) is 0 Å². The predicted molar refractivity (Wildman–Crippen MR) is 236 cm³/mol. The number of ether oxygens (including phenoxy) is 2. The number of likely N-dealkylation sites (tertiary alicyclic amines) is 2. The van der Waals surface area contributed by atoms with E-state index in [1.807, 2.05) is 24.9 Å². The number of rotatable bonds is 11. The Morgan fingerprint density at radius 1 is 0.661 bits per heavy atom. The first-order valence-corrected chi connectivity index (χ1v) is 21.2. The van der Waals surface area contributed by atoms with E-state index in [4.69, 9.17) is 31.0 Å². The van der Waals surface area contributed by atoms with Crippen LogP contribution in [-0.2, 0) is 19.1 Å². The number of amides is 4. The molecule has 0 saturated carbocycles. The van der Waals surface area contributed by atoms with Gasteiger partial charge in [0, 0.05) is 23.7 Å². The van der Waals surface area contributed by atoms with Crippen LogP contribution in [0.25, 0.3) is 44.4 Å². The van der Waals surface area contributed by atoms with E-state index in [0.717, 1.165) is 75.9 Å². The van der Waals surface area contributed by atoms with Crippen LogP contribution in [-0.4, -0.2) is 87.1 Å². The molecule has 320 valence electrons. The van der Waals surface area contributed by atoms with Crippen molar-refractivity contribution in [1.82, 2.24) is 40.4 Å². The summed E-state index contributed by atoms with van der Waals surface area (Å²) in [5.41, 5.74) is 6.39. The Balaban J connectivity index is 0.942. The highest BCUT2D eigenvalue weighted by Crippen LogP contribution is 2.36. The Morgan fingerprint density at radius 3 is 1.74 bits per heavy atom. The molecule has 0 spiro atoms. The van der Waals surface area contributed by atoms with Gasteiger partial charge in [0.15, 0.2) is 0 Å². The van der Waals surface area contributed by atoms with Crippen LogP contribution in [0.3, 0.4) is 0 Å². The lowest BCUT2D eigenvalue weighted by Crippen LogP contribution is -2.51. The number of H-pyrrole nitrogens is 2. The number of nitrogens with zero attached hydrogens (tertiary/aromatic N) is 4. The fraction of sp³-hybridized carbons (Fsp3) is 0.319. The molecular formula is C47H49ClN8O6. The zero-order valence-corrected chi connectivity index (χ0v) is 35.7. The Kier molecular flexibility index (Phi) is 12.3. The Morgan fingerprint density at radius 2 is 1.16 bits per heavy atom. The molecule has 8 rings (SSSR count). The molecule has 0 aliphatic carbocycles. The molecule has 2 fully saturated rings. The highest BCUT2D eigenvalue weighted by atomic mass is 35.5. The molecule has 4 heterocycles. The van der Waals surface area contributed by atoms with Crippen molar-refractivity contribution in [2.75, 3.05) is 27.3 Å². The van der Waals surface area contributed by atoms with Gasteiger partial charge >= 0.3 is 12.2 Å². The summed E-state index contributed by atoms with van der Waals surface area (Å²) in [6.45, 7) is 4.92. The van der Waals surface area contributed by atoms with Crippen molar-refractivity contribution < 1.29 is 28.7 Å². The second-order valence-electron chi connectivity index (χ2n) is 16.1. The maximum Gasteiger partial charge on any atom is 0.407 e. The average molecular weight is 857 g/mol. The minimum atomic E-state index is -0.944. The molecule has 4 atom stereocenters. The van der Waals surface area contributed by atoms with Gasteiger partial charge in [-0.3, -0.25) is 9.59 Å². The number of hydrogen-bond donors (Lipinski definition) is 4. The molecule has 2 aliphatic rings. The SMILES string of the molecule is COC(=O)NC(C(=O)N1CCC[C@H]1c1ncc(-c2ccc3cc(-c4ccc(-c5cnc([C@@H]6CCCN6C(=O)[C@@H](NC(=O)OC)c6ccc(Cl)cc6)[nH]5)cc4)ccc3c2)[nH]1)C(C)C. The molecule has 2 aromatic heterocycles. The fourth-order valence-corrected chi connectivity index (χ4v) is 8.66.